The summed E-state index contributed by atoms with van der Waals surface area (Å²) >= 11 is 0. The zero-order valence-corrected chi connectivity index (χ0v) is 36.0. The third-order valence-electron chi connectivity index (χ3n) is 13.4. The first kappa shape index (κ1) is 37.3. The fourth-order valence-electron chi connectivity index (χ4n) is 10.3. The standard InChI is InChI=1S/C61H37N5O/c1-2-14-38(15-3-1)39-28-32-43(33-29-39)65-52-24-9-6-19-45(52)48-22-13-26-55(58(48)65)66-53-25-10-7-20-46(53)50-36-41(30-34-54(50)66)59-62-60(42-31-35-57-51(37-42)47-21-8-11-27-56(47)67-57)64-61(63-59)49-23-12-17-40-16-4-5-18-44(40)49/h1-37H. The molecule has 0 aliphatic carbocycles. The van der Waals surface area contributed by atoms with Crippen molar-refractivity contribution in [3.63, 3.8) is 0 Å². The van der Waals surface area contributed by atoms with Gasteiger partial charge < -0.3 is 13.6 Å². The van der Waals surface area contributed by atoms with E-state index >= 15 is 0 Å². The quantitative estimate of drug-likeness (QED) is 0.167. The second-order valence-corrected chi connectivity index (χ2v) is 17.2. The van der Waals surface area contributed by atoms with Crippen LogP contribution in [0.2, 0.25) is 0 Å². The third kappa shape index (κ3) is 5.86. The van der Waals surface area contributed by atoms with Gasteiger partial charge in [-0.1, -0.05) is 152 Å². The molecule has 0 radical (unpaired) electrons. The molecule has 4 aromatic heterocycles. The number of hydrogen-bond acceptors (Lipinski definition) is 4. The molecule has 0 unspecified atom stereocenters. The van der Waals surface area contributed by atoms with E-state index in [-0.39, 0.29) is 0 Å². The Morgan fingerprint density at radius 1 is 0.313 bits per heavy atom. The van der Waals surface area contributed by atoms with Gasteiger partial charge in [0.05, 0.1) is 27.8 Å². The van der Waals surface area contributed by atoms with E-state index in [1.807, 2.05) is 30.3 Å². The van der Waals surface area contributed by atoms with Gasteiger partial charge in [-0.15, -0.1) is 0 Å². The van der Waals surface area contributed by atoms with E-state index in [4.69, 9.17) is 19.4 Å². The van der Waals surface area contributed by atoms with E-state index in [0.717, 1.165) is 93.6 Å². The van der Waals surface area contributed by atoms with Crippen molar-refractivity contribution in [3.05, 3.63) is 224 Å². The number of benzene rings is 10. The van der Waals surface area contributed by atoms with Gasteiger partial charge in [0.25, 0.3) is 0 Å². The molecule has 0 aliphatic rings. The Hall–Kier alpha value is -9.13. The summed E-state index contributed by atoms with van der Waals surface area (Å²) in [6, 6.07) is 79.3. The van der Waals surface area contributed by atoms with E-state index in [1.165, 1.54) is 21.9 Å². The summed E-state index contributed by atoms with van der Waals surface area (Å²) in [5.74, 6) is 1.82. The first-order valence-electron chi connectivity index (χ1n) is 22.6. The highest BCUT2D eigenvalue weighted by Gasteiger charge is 2.22. The number of para-hydroxylation sites is 4. The highest BCUT2D eigenvalue weighted by Crippen LogP contribution is 2.41. The van der Waals surface area contributed by atoms with Crippen molar-refractivity contribution in [2.24, 2.45) is 0 Å². The molecule has 0 N–H and O–H groups in total. The van der Waals surface area contributed by atoms with Gasteiger partial charge >= 0.3 is 0 Å². The van der Waals surface area contributed by atoms with Crippen molar-refractivity contribution in [3.8, 4) is 56.7 Å². The Balaban J connectivity index is 0.979. The van der Waals surface area contributed by atoms with Crippen molar-refractivity contribution < 1.29 is 4.42 Å². The fraction of sp³-hybridized carbons (Fsp3) is 0. The molecule has 0 fully saturated rings. The minimum absolute atomic E-state index is 0.596. The van der Waals surface area contributed by atoms with Crippen LogP contribution in [0.4, 0.5) is 0 Å². The van der Waals surface area contributed by atoms with E-state index in [9.17, 15) is 0 Å². The smallest absolute Gasteiger partial charge is 0.164 e. The molecule has 0 saturated heterocycles. The second kappa shape index (κ2) is 14.7. The highest BCUT2D eigenvalue weighted by molar-refractivity contribution is 6.15. The van der Waals surface area contributed by atoms with Gasteiger partial charge in [0, 0.05) is 54.7 Å². The number of rotatable bonds is 6. The normalized spacial score (nSPS) is 11.9. The molecule has 6 nitrogen and oxygen atoms in total. The molecule has 0 bridgehead atoms. The van der Waals surface area contributed by atoms with Gasteiger partial charge in [-0.2, -0.15) is 0 Å². The summed E-state index contributed by atoms with van der Waals surface area (Å²) < 4.78 is 11.1. The molecule has 14 rings (SSSR count). The minimum atomic E-state index is 0.596. The van der Waals surface area contributed by atoms with Gasteiger partial charge in [-0.05, 0) is 94.7 Å². The maximum atomic E-state index is 6.22. The molecule has 0 aliphatic heterocycles. The van der Waals surface area contributed by atoms with Crippen molar-refractivity contribution in [2.45, 2.75) is 0 Å². The Morgan fingerprint density at radius 2 is 0.851 bits per heavy atom. The van der Waals surface area contributed by atoms with Crippen LogP contribution in [-0.4, -0.2) is 24.1 Å². The topological polar surface area (TPSA) is 61.7 Å². The first-order valence-corrected chi connectivity index (χ1v) is 22.6. The van der Waals surface area contributed by atoms with Gasteiger partial charge in [0.1, 0.15) is 11.2 Å². The zero-order valence-electron chi connectivity index (χ0n) is 36.0. The lowest BCUT2D eigenvalue weighted by molar-refractivity contribution is 0.669. The monoisotopic (exact) mass is 855 g/mol. The number of hydrogen-bond donors (Lipinski definition) is 0. The van der Waals surface area contributed by atoms with Crippen LogP contribution in [0, 0.1) is 0 Å². The Labute approximate surface area is 384 Å². The SMILES string of the molecule is c1ccc(-c2ccc(-n3c4ccccc4c4cccc(-n5c6ccccc6c6cc(-c7nc(-c8ccc9oc%10ccccc%10c9c8)nc(-c8cccc9ccccc89)n7)ccc65)c43)cc2)cc1. The van der Waals surface area contributed by atoms with Gasteiger partial charge in [0.15, 0.2) is 17.5 Å². The maximum Gasteiger partial charge on any atom is 0.164 e. The summed E-state index contributed by atoms with van der Waals surface area (Å²) in [6.45, 7) is 0. The molecule has 0 saturated carbocycles. The summed E-state index contributed by atoms with van der Waals surface area (Å²) in [6.07, 6.45) is 0. The van der Waals surface area contributed by atoms with Crippen LogP contribution in [0.5, 0.6) is 0 Å². The van der Waals surface area contributed by atoms with Crippen molar-refractivity contribution >= 4 is 76.3 Å². The van der Waals surface area contributed by atoms with E-state index < -0.39 is 0 Å². The molecular formula is C61H37N5O. The van der Waals surface area contributed by atoms with Crippen LogP contribution >= 0.6 is 0 Å². The van der Waals surface area contributed by atoms with Crippen molar-refractivity contribution in [2.75, 3.05) is 0 Å². The molecule has 4 heterocycles. The number of furan rings is 1. The summed E-state index contributed by atoms with van der Waals surface area (Å²) in [7, 11) is 0. The molecule has 0 amide bonds. The van der Waals surface area contributed by atoms with Crippen LogP contribution in [0.15, 0.2) is 229 Å². The fourth-order valence-corrected chi connectivity index (χ4v) is 10.3. The second-order valence-electron chi connectivity index (χ2n) is 17.2. The van der Waals surface area contributed by atoms with Crippen LogP contribution in [0.3, 0.4) is 0 Å². The largest absolute Gasteiger partial charge is 0.456 e. The summed E-state index contributed by atoms with van der Waals surface area (Å²) in [5, 5.41) is 8.96. The number of fused-ring (bicyclic) bond motifs is 10. The maximum absolute atomic E-state index is 6.22. The summed E-state index contributed by atoms with van der Waals surface area (Å²) in [5.41, 5.74) is 13.5. The predicted octanol–water partition coefficient (Wildman–Crippen LogP) is 15.8. The molecule has 0 spiro atoms. The summed E-state index contributed by atoms with van der Waals surface area (Å²) in [4.78, 5) is 15.8. The lowest BCUT2D eigenvalue weighted by atomic mass is 10.0. The van der Waals surface area contributed by atoms with E-state index in [2.05, 4.69) is 203 Å². The number of nitrogens with zero attached hydrogens (tertiary/aromatic N) is 5. The average Bonchev–Trinajstić information content (AvgIpc) is 4.06. The third-order valence-corrected chi connectivity index (χ3v) is 13.4. The lowest BCUT2D eigenvalue weighted by Gasteiger charge is -2.15. The molecule has 14 aromatic rings. The minimum Gasteiger partial charge on any atom is -0.456 e. The molecular weight excluding hydrogens is 819 g/mol. The number of aromatic nitrogens is 5. The van der Waals surface area contributed by atoms with Crippen LogP contribution in [0.1, 0.15) is 0 Å². The Bertz CT molecular complexity index is 4270. The zero-order chi connectivity index (χ0) is 44.0. The van der Waals surface area contributed by atoms with Gasteiger partial charge in [-0.3, -0.25) is 0 Å². The average molecular weight is 856 g/mol. The van der Waals surface area contributed by atoms with Gasteiger partial charge in [0.2, 0.25) is 0 Å². The van der Waals surface area contributed by atoms with E-state index in [0.29, 0.717) is 17.5 Å². The first-order chi connectivity index (χ1) is 33.2. The van der Waals surface area contributed by atoms with Crippen molar-refractivity contribution in [1.82, 2.24) is 24.1 Å². The Morgan fingerprint density at radius 3 is 1.66 bits per heavy atom. The van der Waals surface area contributed by atoms with E-state index in [1.54, 1.807) is 0 Å². The predicted molar refractivity (Wildman–Crippen MR) is 275 cm³/mol. The lowest BCUT2D eigenvalue weighted by Crippen LogP contribution is -2.01. The van der Waals surface area contributed by atoms with Crippen LogP contribution in [-0.2, 0) is 0 Å². The molecule has 10 aromatic carbocycles. The molecule has 6 heteroatoms. The molecule has 312 valence electrons. The molecule has 67 heavy (non-hydrogen) atoms. The van der Waals surface area contributed by atoms with Gasteiger partial charge in [-0.25, -0.2) is 15.0 Å². The van der Waals surface area contributed by atoms with Crippen LogP contribution in [0.25, 0.3) is 133 Å². The van der Waals surface area contributed by atoms with Crippen LogP contribution < -0.4 is 0 Å². The van der Waals surface area contributed by atoms with Crippen molar-refractivity contribution in [1.29, 1.82) is 0 Å². The Kier molecular flexibility index (Phi) is 8.18. The highest BCUT2D eigenvalue weighted by atomic mass is 16.3. The molecule has 0 atom stereocenters.